The summed E-state index contributed by atoms with van der Waals surface area (Å²) in [4.78, 5) is 0. The molecular weight excluding hydrogens is 327 g/mol. The van der Waals surface area contributed by atoms with Crippen molar-refractivity contribution in [2.24, 2.45) is 10.9 Å². The van der Waals surface area contributed by atoms with Gasteiger partial charge in [0, 0.05) is 5.56 Å². The number of ether oxygens (including phenoxy) is 1. The molecule has 0 amide bonds. The van der Waals surface area contributed by atoms with E-state index < -0.39 is 5.82 Å². The van der Waals surface area contributed by atoms with Crippen molar-refractivity contribution in [3.05, 3.63) is 57.8 Å². The van der Waals surface area contributed by atoms with Crippen molar-refractivity contribution >= 4 is 21.8 Å². The molecule has 0 spiro atoms. The lowest BCUT2D eigenvalue weighted by molar-refractivity contribution is 0.318. The zero-order valence-corrected chi connectivity index (χ0v) is 12.2. The molecule has 0 bridgehead atoms. The van der Waals surface area contributed by atoms with Crippen LogP contribution in [0.3, 0.4) is 0 Å². The summed E-state index contributed by atoms with van der Waals surface area (Å²) in [6.07, 6.45) is 0. The van der Waals surface area contributed by atoms with Crippen LogP contribution in [0.25, 0.3) is 0 Å². The van der Waals surface area contributed by atoms with Crippen LogP contribution >= 0.6 is 15.9 Å². The zero-order valence-electron chi connectivity index (χ0n) is 10.6. The number of hydrogen-bond acceptors (Lipinski definition) is 3. The summed E-state index contributed by atoms with van der Waals surface area (Å²) in [5.74, 6) is -0.222. The fourth-order valence-electron chi connectivity index (χ4n) is 1.60. The van der Waals surface area contributed by atoms with Crippen molar-refractivity contribution in [2.75, 3.05) is 0 Å². The summed E-state index contributed by atoms with van der Waals surface area (Å²) in [6.45, 7) is 1.95. The van der Waals surface area contributed by atoms with E-state index in [-0.39, 0.29) is 21.6 Å². The molecule has 2 aromatic carbocycles. The molecule has 2 rings (SSSR count). The Morgan fingerprint density at radius 2 is 1.90 bits per heavy atom. The van der Waals surface area contributed by atoms with Crippen LogP contribution in [-0.2, 0) is 0 Å². The van der Waals surface area contributed by atoms with Gasteiger partial charge in [0.25, 0.3) is 0 Å². The van der Waals surface area contributed by atoms with Gasteiger partial charge in [-0.15, -0.1) is 0 Å². The molecule has 0 aliphatic carbocycles. The predicted octanol–water partition coefficient (Wildman–Crippen LogP) is 3.78. The third-order valence-electron chi connectivity index (χ3n) is 2.68. The van der Waals surface area contributed by atoms with Gasteiger partial charge in [0.05, 0.1) is 4.47 Å². The van der Waals surface area contributed by atoms with E-state index in [4.69, 9.17) is 15.7 Å². The topological polar surface area (TPSA) is 67.8 Å². The lowest BCUT2D eigenvalue weighted by Gasteiger charge is -2.10. The van der Waals surface area contributed by atoms with E-state index in [0.29, 0.717) is 5.75 Å². The van der Waals surface area contributed by atoms with E-state index in [1.807, 2.05) is 19.1 Å². The maximum atomic E-state index is 14.2. The second kappa shape index (κ2) is 5.92. The number of oxime groups is 1. The van der Waals surface area contributed by atoms with Crippen LogP contribution in [0.5, 0.6) is 11.5 Å². The first-order valence-corrected chi connectivity index (χ1v) is 6.52. The number of nitrogens with zero attached hydrogens (tertiary/aromatic N) is 1. The molecule has 0 fully saturated rings. The molecule has 104 valence electrons. The second-order valence-corrected chi connectivity index (χ2v) is 4.93. The molecule has 4 nitrogen and oxygen atoms in total. The van der Waals surface area contributed by atoms with Gasteiger partial charge in [-0.1, -0.05) is 22.9 Å². The van der Waals surface area contributed by atoms with Crippen LogP contribution in [0.15, 0.2) is 46.0 Å². The minimum Gasteiger partial charge on any atom is -0.454 e. The Hall–Kier alpha value is -2.08. The van der Waals surface area contributed by atoms with Gasteiger partial charge in [-0.25, -0.2) is 4.39 Å². The first-order chi connectivity index (χ1) is 9.52. The van der Waals surface area contributed by atoms with Crippen molar-refractivity contribution < 1.29 is 14.3 Å². The molecule has 0 radical (unpaired) electrons. The van der Waals surface area contributed by atoms with Gasteiger partial charge in [0.1, 0.15) is 5.75 Å². The third-order valence-corrected chi connectivity index (χ3v) is 3.45. The Balaban J connectivity index is 2.34. The summed E-state index contributed by atoms with van der Waals surface area (Å²) in [7, 11) is 0. The van der Waals surface area contributed by atoms with Crippen LogP contribution in [0.4, 0.5) is 4.39 Å². The molecule has 0 saturated carbocycles. The van der Waals surface area contributed by atoms with Crippen molar-refractivity contribution in [3.63, 3.8) is 0 Å². The number of aryl methyl sites for hydroxylation is 1. The lowest BCUT2D eigenvalue weighted by atomic mass is 10.2. The normalized spacial score (nSPS) is 11.4. The summed E-state index contributed by atoms with van der Waals surface area (Å²) in [6, 6.07) is 10.2. The van der Waals surface area contributed by atoms with E-state index >= 15 is 0 Å². The lowest BCUT2D eigenvalue weighted by Crippen LogP contribution is -2.14. The highest BCUT2D eigenvalue weighted by Crippen LogP contribution is 2.31. The Kier molecular flexibility index (Phi) is 4.24. The third kappa shape index (κ3) is 2.91. The molecule has 0 aliphatic heterocycles. The van der Waals surface area contributed by atoms with Gasteiger partial charge in [-0.2, -0.15) is 0 Å². The molecular formula is C14H12BrFN2O2. The monoisotopic (exact) mass is 338 g/mol. The Labute approximate surface area is 123 Å². The molecule has 0 heterocycles. The fraction of sp³-hybridized carbons (Fsp3) is 0.0714. The molecule has 0 atom stereocenters. The van der Waals surface area contributed by atoms with Crippen molar-refractivity contribution in [1.29, 1.82) is 0 Å². The smallest absolute Gasteiger partial charge is 0.180 e. The molecule has 0 aliphatic rings. The molecule has 6 heteroatoms. The molecule has 0 aromatic heterocycles. The fourth-order valence-corrected chi connectivity index (χ4v) is 2.13. The first-order valence-electron chi connectivity index (χ1n) is 5.73. The quantitative estimate of drug-likeness (QED) is 0.387. The highest BCUT2D eigenvalue weighted by molar-refractivity contribution is 9.10. The van der Waals surface area contributed by atoms with E-state index in [2.05, 4.69) is 21.1 Å². The molecule has 20 heavy (non-hydrogen) atoms. The van der Waals surface area contributed by atoms with Gasteiger partial charge < -0.3 is 15.7 Å². The Morgan fingerprint density at radius 1 is 1.25 bits per heavy atom. The summed E-state index contributed by atoms with van der Waals surface area (Å²) < 4.78 is 19.7. The minimum absolute atomic E-state index is 0.0511. The molecule has 0 saturated heterocycles. The summed E-state index contributed by atoms with van der Waals surface area (Å²) >= 11 is 3.07. The highest BCUT2D eigenvalue weighted by Gasteiger charge is 2.15. The van der Waals surface area contributed by atoms with Gasteiger partial charge in [-0.3, -0.25) is 0 Å². The standard InChI is InChI=1S/C14H12BrFN2O2/c1-8-2-4-9(5-3-8)20-11-7-6-10(14(17)18-19)12(15)13(11)16/h2-7,19H,1H3,(H2,17,18). The molecule has 2 aromatic rings. The Morgan fingerprint density at radius 3 is 2.50 bits per heavy atom. The zero-order chi connectivity index (χ0) is 14.7. The van der Waals surface area contributed by atoms with E-state index in [1.165, 1.54) is 12.1 Å². The second-order valence-electron chi connectivity index (χ2n) is 4.14. The van der Waals surface area contributed by atoms with Gasteiger partial charge in [-0.05, 0) is 47.1 Å². The summed E-state index contributed by atoms with van der Waals surface area (Å²) in [5.41, 5.74) is 6.78. The number of halogens is 2. The Bertz CT molecular complexity index is 657. The first kappa shape index (κ1) is 14.3. The van der Waals surface area contributed by atoms with Gasteiger partial charge in [0.2, 0.25) is 0 Å². The van der Waals surface area contributed by atoms with E-state index in [9.17, 15) is 4.39 Å². The maximum Gasteiger partial charge on any atom is 0.180 e. The van der Waals surface area contributed by atoms with Crippen LogP contribution in [0.1, 0.15) is 11.1 Å². The van der Waals surface area contributed by atoms with E-state index in [1.54, 1.807) is 12.1 Å². The largest absolute Gasteiger partial charge is 0.454 e. The average molecular weight is 339 g/mol. The van der Waals surface area contributed by atoms with Crippen LogP contribution in [0, 0.1) is 12.7 Å². The van der Waals surface area contributed by atoms with E-state index in [0.717, 1.165) is 5.56 Å². The van der Waals surface area contributed by atoms with Crippen LogP contribution < -0.4 is 10.5 Å². The highest BCUT2D eigenvalue weighted by atomic mass is 79.9. The van der Waals surface area contributed by atoms with Gasteiger partial charge in [0.15, 0.2) is 17.4 Å². The summed E-state index contributed by atoms with van der Waals surface area (Å²) in [5, 5.41) is 11.5. The maximum absolute atomic E-state index is 14.2. The number of nitrogens with two attached hydrogens (primary N) is 1. The van der Waals surface area contributed by atoms with Crippen molar-refractivity contribution in [3.8, 4) is 11.5 Å². The van der Waals surface area contributed by atoms with Gasteiger partial charge >= 0.3 is 0 Å². The van der Waals surface area contributed by atoms with Crippen molar-refractivity contribution in [1.82, 2.24) is 0 Å². The molecule has 0 unspecified atom stereocenters. The average Bonchev–Trinajstić information content (AvgIpc) is 2.45. The number of hydrogen-bond donors (Lipinski definition) is 2. The van der Waals surface area contributed by atoms with Crippen molar-refractivity contribution in [2.45, 2.75) is 6.92 Å². The SMILES string of the molecule is Cc1ccc(Oc2ccc(/C(N)=N/O)c(Br)c2F)cc1. The predicted molar refractivity (Wildman–Crippen MR) is 77.9 cm³/mol. The minimum atomic E-state index is -0.616. The number of benzene rings is 2. The number of amidine groups is 1. The van der Waals surface area contributed by atoms with Crippen LogP contribution in [-0.4, -0.2) is 11.0 Å². The van der Waals surface area contributed by atoms with Crippen LogP contribution in [0.2, 0.25) is 0 Å². The number of rotatable bonds is 3. The molecule has 3 N–H and O–H groups in total.